The van der Waals surface area contributed by atoms with Crippen LogP contribution in [0, 0.1) is 0 Å². The largest absolute Gasteiger partial charge is 0.479 e. The molecule has 1 saturated heterocycles. The first kappa shape index (κ1) is 21.1. The second-order valence-corrected chi connectivity index (χ2v) is 8.56. The molecule has 0 N–H and O–H groups in total. The summed E-state index contributed by atoms with van der Waals surface area (Å²) < 4.78 is 11.1. The normalized spacial score (nSPS) is 14.1. The van der Waals surface area contributed by atoms with E-state index < -0.39 is 0 Å². The average Bonchev–Trinajstić information content (AvgIpc) is 3.64. The Kier molecular flexibility index (Phi) is 5.28. The molecule has 11 heteroatoms. The SMILES string of the molecule is COc1nc(-c2cnn(C)c2)cn2ncc(N3CCN(c4ncn(Cc5ccccc5)n4)CC3)c12. The fourth-order valence-corrected chi connectivity index (χ4v) is 4.46. The Bertz CT molecular complexity index is 1450. The summed E-state index contributed by atoms with van der Waals surface area (Å²) in [5.41, 5.74) is 4.75. The molecular formula is C24H26N10O. The van der Waals surface area contributed by atoms with Crippen LogP contribution in [0.25, 0.3) is 16.8 Å². The van der Waals surface area contributed by atoms with E-state index in [0.29, 0.717) is 12.4 Å². The van der Waals surface area contributed by atoms with Crippen molar-refractivity contribution in [3.8, 4) is 17.1 Å². The van der Waals surface area contributed by atoms with Gasteiger partial charge >= 0.3 is 0 Å². The number of hydrogen-bond donors (Lipinski definition) is 0. The van der Waals surface area contributed by atoms with E-state index in [-0.39, 0.29) is 0 Å². The summed E-state index contributed by atoms with van der Waals surface area (Å²) in [6.07, 6.45) is 9.31. The molecule has 35 heavy (non-hydrogen) atoms. The predicted octanol–water partition coefficient (Wildman–Crippen LogP) is 2.10. The minimum Gasteiger partial charge on any atom is -0.479 e. The van der Waals surface area contributed by atoms with Crippen molar-refractivity contribution in [1.82, 2.24) is 39.1 Å². The van der Waals surface area contributed by atoms with Crippen molar-refractivity contribution in [2.24, 2.45) is 7.05 Å². The first-order valence-electron chi connectivity index (χ1n) is 11.5. The summed E-state index contributed by atoms with van der Waals surface area (Å²) in [5, 5.41) is 13.5. The number of benzene rings is 1. The molecule has 5 aromatic rings. The Hall–Kier alpha value is -4.41. The van der Waals surface area contributed by atoms with Gasteiger partial charge in [-0.25, -0.2) is 19.2 Å². The molecule has 0 spiro atoms. The number of nitrogens with zero attached hydrogens (tertiary/aromatic N) is 10. The van der Waals surface area contributed by atoms with E-state index in [9.17, 15) is 0 Å². The van der Waals surface area contributed by atoms with Gasteiger partial charge in [-0.2, -0.15) is 10.2 Å². The molecule has 0 unspecified atom stereocenters. The summed E-state index contributed by atoms with van der Waals surface area (Å²) >= 11 is 0. The van der Waals surface area contributed by atoms with Gasteiger partial charge in [0.1, 0.15) is 6.33 Å². The Labute approximate surface area is 202 Å². The van der Waals surface area contributed by atoms with Crippen molar-refractivity contribution in [3.05, 3.63) is 67.0 Å². The van der Waals surface area contributed by atoms with Gasteiger partial charge in [-0.3, -0.25) is 4.68 Å². The number of fused-ring (bicyclic) bond motifs is 1. The third-order valence-electron chi connectivity index (χ3n) is 6.25. The van der Waals surface area contributed by atoms with Crippen LogP contribution in [0.1, 0.15) is 5.56 Å². The first-order chi connectivity index (χ1) is 17.2. The molecular weight excluding hydrogens is 444 g/mol. The molecule has 0 bridgehead atoms. The van der Waals surface area contributed by atoms with Crippen LogP contribution in [-0.2, 0) is 13.6 Å². The van der Waals surface area contributed by atoms with Crippen LogP contribution in [0.4, 0.5) is 11.6 Å². The van der Waals surface area contributed by atoms with Crippen LogP contribution in [0.3, 0.4) is 0 Å². The fraction of sp³-hybridized carbons (Fsp3) is 0.292. The maximum Gasteiger partial charge on any atom is 0.244 e. The molecule has 0 radical (unpaired) electrons. The van der Waals surface area contributed by atoms with E-state index in [2.05, 4.69) is 37.1 Å². The van der Waals surface area contributed by atoms with Crippen molar-refractivity contribution in [3.63, 3.8) is 0 Å². The van der Waals surface area contributed by atoms with Crippen molar-refractivity contribution in [2.75, 3.05) is 43.1 Å². The number of rotatable bonds is 6. The molecule has 1 aliphatic heterocycles. The van der Waals surface area contributed by atoms with Crippen molar-refractivity contribution in [2.45, 2.75) is 6.54 Å². The van der Waals surface area contributed by atoms with E-state index in [1.54, 1.807) is 24.3 Å². The van der Waals surface area contributed by atoms with Gasteiger partial charge in [-0.1, -0.05) is 30.3 Å². The molecule has 1 aromatic carbocycles. The summed E-state index contributed by atoms with van der Waals surface area (Å²) in [7, 11) is 3.52. The quantitative estimate of drug-likeness (QED) is 0.372. The third kappa shape index (κ3) is 4.05. The van der Waals surface area contributed by atoms with Crippen molar-refractivity contribution >= 4 is 17.2 Å². The van der Waals surface area contributed by atoms with E-state index in [1.807, 2.05) is 53.0 Å². The van der Waals surface area contributed by atoms with Crippen LogP contribution in [0.2, 0.25) is 0 Å². The van der Waals surface area contributed by atoms with Crippen LogP contribution >= 0.6 is 0 Å². The van der Waals surface area contributed by atoms with Gasteiger partial charge < -0.3 is 14.5 Å². The number of methoxy groups -OCH3 is 1. The molecule has 4 aromatic heterocycles. The lowest BCUT2D eigenvalue weighted by atomic mass is 10.2. The Morgan fingerprint density at radius 3 is 2.49 bits per heavy atom. The highest BCUT2D eigenvalue weighted by atomic mass is 16.5. The number of piperazine rings is 1. The zero-order valence-electron chi connectivity index (χ0n) is 19.7. The molecule has 5 heterocycles. The van der Waals surface area contributed by atoms with Crippen molar-refractivity contribution in [1.29, 1.82) is 0 Å². The van der Waals surface area contributed by atoms with Gasteiger partial charge in [0.05, 0.1) is 43.6 Å². The molecule has 1 fully saturated rings. The number of anilines is 2. The van der Waals surface area contributed by atoms with Crippen LogP contribution < -0.4 is 14.5 Å². The summed E-state index contributed by atoms with van der Waals surface area (Å²) in [4.78, 5) is 13.8. The molecule has 0 saturated carbocycles. The third-order valence-corrected chi connectivity index (χ3v) is 6.25. The maximum atomic E-state index is 5.67. The predicted molar refractivity (Wildman–Crippen MR) is 132 cm³/mol. The van der Waals surface area contributed by atoms with Gasteiger partial charge in [-0.05, 0) is 5.56 Å². The van der Waals surface area contributed by atoms with E-state index in [4.69, 9.17) is 14.8 Å². The summed E-state index contributed by atoms with van der Waals surface area (Å²) in [6, 6.07) is 10.3. The molecule has 1 aliphatic rings. The Balaban J connectivity index is 1.18. The molecule has 11 nitrogen and oxygen atoms in total. The van der Waals surface area contributed by atoms with Gasteiger partial charge in [0.15, 0.2) is 5.52 Å². The van der Waals surface area contributed by atoms with E-state index in [1.165, 1.54) is 5.56 Å². The topological polar surface area (TPSA) is 94.4 Å². The Morgan fingerprint density at radius 2 is 1.74 bits per heavy atom. The minimum absolute atomic E-state index is 0.544. The van der Waals surface area contributed by atoms with Crippen LogP contribution in [-0.4, -0.2) is 72.4 Å². The van der Waals surface area contributed by atoms with Crippen LogP contribution in [0.15, 0.2) is 61.4 Å². The fourth-order valence-electron chi connectivity index (χ4n) is 4.46. The van der Waals surface area contributed by atoms with Gasteiger partial charge in [0.2, 0.25) is 11.8 Å². The molecule has 0 aliphatic carbocycles. The lowest BCUT2D eigenvalue weighted by Crippen LogP contribution is -2.47. The maximum absolute atomic E-state index is 5.67. The first-order valence-corrected chi connectivity index (χ1v) is 11.5. The number of hydrogen-bond acceptors (Lipinski definition) is 8. The van der Waals surface area contributed by atoms with Gasteiger partial charge in [-0.15, -0.1) is 5.10 Å². The molecule has 0 atom stereocenters. The summed E-state index contributed by atoms with van der Waals surface area (Å²) in [6.45, 7) is 3.99. The van der Waals surface area contributed by atoms with E-state index in [0.717, 1.165) is 54.6 Å². The smallest absolute Gasteiger partial charge is 0.244 e. The van der Waals surface area contributed by atoms with Gasteiger partial charge in [0.25, 0.3) is 0 Å². The van der Waals surface area contributed by atoms with E-state index >= 15 is 0 Å². The number of aryl methyl sites for hydroxylation is 1. The Morgan fingerprint density at radius 1 is 0.943 bits per heavy atom. The second kappa shape index (κ2) is 8.75. The van der Waals surface area contributed by atoms with Crippen LogP contribution in [0.5, 0.6) is 5.88 Å². The van der Waals surface area contributed by atoms with Gasteiger partial charge in [0, 0.05) is 45.0 Å². The highest BCUT2D eigenvalue weighted by Gasteiger charge is 2.24. The zero-order valence-corrected chi connectivity index (χ0v) is 19.7. The lowest BCUT2D eigenvalue weighted by Gasteiger charge is -2.35. The monoisotopic (exact) mass is 470 g/mol. The number of aromatic nitrogens is 8. The second-order valence-electron chi connectivity index (χ2n) is 8.56. The highest BCUT2D eigenvalue weighted by Crippen LogP contribution is 2.32. The number of ether oxygens (including phenoxy) is 1. The molecule has 178 valence electrons. The molecule has 6 rings (SSSR count). The lowest BCUT2D eigenvalue weighted by molar-refractivity contribution is 0.401. The summed E-state index contributed by atoms with van der Waals surface area (Å²) in [5.74, 6) is 1.31. The highest BCUT2D eigenvalue weighted by molar-refractivity contribution is 5.79. The molecule has 0 amide bonds. The standard InChI is InChI=1S/C24H26N10O/c1-30-15-19(12-26-30)20-16-34-22(23(28-20)35-2)21(13-27-34)31-8-10-32(11-9-31)24-25-17-33(29-24)14-18-6-4-3-5-7-18/h3-7,12-13,15-17H,8-11,14H2,1-2H3. The van der Waals surface area contributed by atoms with Crippen molar-refractivity contribution < 1.29 is 4.74 Å². The average molecular weight is 471 g/mol. The zero-order chi connectivity index (χ0) is 23.8. The minimum atomic E-state index is 0.544.